The van der Waals surface area contributed by atoms with Gasteiger partial charge in [0.05, 0.1) is 6.61 Å². The third-order valence-corrected chi connectivity index (χ3v) is 2.70. The Morgan fingerprint density at radius 2 is 2.18 bits per heavy atom. The summed E-state index contributed by atoms with van der Waals surface area (Å²) in [5, 5.41) is 3.83. The van der Waals surface area contributed by atoms with Gasteiger partial charge < -0.3 is 10.1 Å². The van der Waals surface area contributed by atoms with Crippen LogP contribution in [0.15, 0.2) is 12.3 Å². The van der Waals surface area contributed by atoms with Crippen molar-refractivity contribution >= 4 is 11.6 Å². The van der Waals surface area contributed by atoms with Crippen LogP contribution in [0.1, 0.15) is 38.7 Å². The number of nitrogens with one attached hydrogen (secondary N) is 1. The van der Waals surface area contributed by atoms with E-state index in [4.69, 9.17) is 16.3 Å². The number of hydrogen-bond donors (Lipinski definition) is 1. The van der Waals surface area contributed by atoms with Crippen molar-refractivity contribution in [2.45, 2.75) is 39.7 Å². The van der Waals surface area contributed by atoms with Crippen LogP contribution in [-0.2, 0) is 6.54 Å². The third-order valence-electron chi connectivity index (χ3n) is 2.43. The van der Waals surface area contributed by atoms with E-state index in [1.165, 1.54) is 12.8 Å². The molecule has 1 rings (SSSR count). The fourth-order valence-electron chi connectivity index (χ4n) is 1.46. The molecule has 0 amide bonds. The van der Waals surface area contributed by atoms with Crippen molar-refractivity contribution in [2.24, 2.45) is 0 Å². The van der Waals surface area contributed by atoms with Crippen molar-refractivity contribution < 1.29 is 4.74 Å². The maximum absolute atomic E-state index is 6.11. The van der Waals surface area contributed by atoms with E-state index in [1.807, 2.05) is 12.3 Å². The lowest BCUT2D eigenvalue weighted by Crippen LogP contribution is -2.12. The van der Waals surface area contributed by atoms with Gasteiger partial charge in [-0.3, -0.25) is 0 Å². The molecule has 0 radical (unpaired) electrons. The van der Waals surface area contributed by atoms with Gasteiger partial charge in [0.25, 0.3) is 0 Å². The molecular weight excluding hydrogens is 236 g/mol. The van der Waals surface area contributed by atoms with Gasteiger partial charge in [0.2, 0.25) is 5.88 Å². The second-order valence-electron chi connectivity index (χ2n) is 3.97. The summed E-state index contributed by atoms with van der Waals surface area (Å²) in [6.45, 7) is 6.65. The molecule has 0 bridgehead atoms. The van der Waals surface area contributed by atoms with Crippen molar-refractivity contribution in [2.75, 3.05) is 13.2 Å². The summed E-state index contributed by atoms with van der Waals surface area (Å²) in [4.78, 5) is 4.23. The Balaban J connectivity index is 2.45. The van der Waals surface area contributed by atoms with E-state index in [0.29, 0.717) is 17.5 Å². The molecule has 17 heavy (non-hydrogen) atoms. The van der Waals surface area contributed by atoms with Crippen molar-refractivity contribution in [1.29, 1.82) is 0 Å². The summed E-state index contributed by atoms with van der Waals surface area (Å²) in [6.07, 6.45) is 5.22. The maximum Gasteiger partial charge on any atom is 0.232 e. The normalized spacial score (nSPS) is 10.5. The first-order valence-electron chi connectivity index (χ1n) is 6.25. The zero-order valence-electron chi connectivity index (χ0n) is 10.6. The standard InChI is InChI=1S/C13H21ClN2O/c1-3-5-6-7-17-13-12(14)8-11(10-16-13)9-15-4-2/h8,10,15H,3-7,9H2,1-2H3. The van der Waals surface area contributed by atoms with Gasteiger partial charge in [-0.05, 0) is 24.6 Å². The summed E-state index contributed by atoms with van der Waals surface area (Å²) >= 11 is 6.11. The van der Waals surface area contributed by atoms with Crippen molar-refractivity contribution in [3.05, 3.63) is 22.8 Å². The fraction of sp³-hybridized carbons (Fsp3) is 0.615. The Hall–Kier alpha value is -0.800. The highest BCUT2D eigenvalue weighted by molar-refractivity contribution is 6.31. The number of halogens is 1. The van der Waals surface area contributed by atoms with Crippen molar-refractivity contribution in [3.63, 3.8) is 0 Å². The summed E-state index contributed by atoms with van der Waals surface area (Å²) in [7, 11) is 0. The first-order valence-corrected chi connectivity index (χ1v) is 6.63. The molecule has 0 saturated heterocycles. The molecule has 1 aromatic heterocycles. The van der Waals surface area contributed by atoms with Gasteiger partial charge in [-0.1, -0.05) is 38.3 Å². The summed E-state index contributed by atoms with van der Waals surface area (Å²) < 4.78 is 5.53. The van der Waals surface area contributed by atoms with E-state index in [2.05, 4.69) is 24.1 Å². The fourth-order valence-corrected chi connectivity index (χ4v) is 1.70. The van der Waals surface area contributed by atoms with Crippen LogP contribution >= 0.6 is 11.6 Å². The first kappa shape index (κ1) is 14.3. The van der Waals surface area contributed by atoms with Gasteiger partial charge >= 0.3 is 0 Å². The molecule has 96 valence electrons. The van der Waals surface area contributed by atoms with Crippen LogP contribution in [0.2, 0.25) is 5.02 Å². The van der Waals surface area contributed by atoms with E-state index >= 15 is 0 Å². The van der Waals surface area contributed by atoms with Crippen LogP contribution in [0.3, 0.4) is 0 Å². The number of rotatable bonds is 8. The number of unbranched alkanes of at least 4 members (excludes halogenated alkanes) is 2. The van der Waals surface area contributed by atoms with E-state index in [0.717, 1.165) is 25.1 Å². The average molecular weight is 257 g/mol. The summed E-state index contributed by atoms with van der Waals surface area (Å²) in [5.74, 6) is 0.544. The van der Waals surface area contributed by atoms with Crippen LogP contribution in [0, 0.1) is 0 Å². The highest BCUT2D eigenvalue weighted by Crippen LogP contribution is 2.22. The average Bonchev–Trinajstić information content (AvgIpc) is 2.34. The second-order valence-corrected chi connectivity index (χ2v) is 4.37. The van der Waals surface area contributed by atoms with Crippen molar-refractivity contribution in [3.8, 4) is 5.88 Å². The third kappa shape index (κ3) is 5.37. The largest absolute Gasteiger partial charge is 0.477 e. The van der Waals surface area contributed by atoms with Crippen LogP contribution in [-0.4, -0.2) is 18.1 Å². The quantitative estimate of drug-likeness (QED) is 0.724. The van der Waals surface area contributed by atoms with E-state index in [-0.39, 0.29) is 0 Å². The molecule has 3 nitrogen and oxygen atoms in total. The molecule has 1 aromatic rings. The lowest BCUT2D eigenvalue weighted by Gasteiger charge is -2.08. The van der Waals surface area contributed by atoms with Gasteiger partial charge in [-0.25, -0.2) is 4.98 Å². The molecule has 0 atom stereocenters. The number of ether oxygens (including phenoxy) is 1. The van der Waals surface area contributed by atoms with E-state index < -0.39 is 0 Å². The van der Waals surface area contributed by atoms with Crippen LogP contribution in [0.4, 0.5) is 0 Å². The topological polar surface area (TPSA) is 34.1 Å². The first-order chi connectivity index (χ1) is 8.27. The molecule has 4 heteroatoms. The smallest absolute Gasteiger partial charge is 0.232 e. The molecule has 0 unspecified atom stereocenters. The predicted molar refractivity (Wildman–Crippen MR) is 71.6 cm³/mol. The molecule has 0 aliphatic carbocycles. The molecule has 0 fully saturated rings. The SMILES string of the molecule is CCCCCOc1ncc(CNCC)cc1Cl. The predicted octanol–water partition coefficient (Wildman–Crippen LogP) is 3.41. The molecule has 0 aliphatic heterocycles. The Morgan fingerprint density at radius 1 is 1.35 bits per heavy atom. The lowest BCUT2D eigenvalue weighted by molar-refractivity contribution is 0.295. The molecule has 0 spiro atoms. The highest BCUT2D eigenvalue weighted by atomic mass is 35.5. The monoisotopic (exact) mass is 256 g/mol. The Labute approximate surface area is 109 Å². The lowest BCUT2D eigenvalue weighted by atomic mass is 10.2. The summed E-state index contributed by atoms with van der Waals surface area (Å²) in [5.41, 5.74) is 1.08. The zero-order chi connectivity index (χ0) is 12.5. The molecule has 0 saturated carbocycles. The van der Waals surface area contributed by atoms with Gasteiger partial charge in [0, 0.05) is 12.7 Å². The second kappa shape index (κ2) is 8.31. The van der Waals surface area contributed by atoms with Crippen LogP contribution < -0.4 is 10.1 Å². The minimum absolute atomic E-state index is 0.544. The van der Waals surface area contributed by atoms with Gasteiger partial charge in [0.15, 0.2) is 0 Å². The number of aromatic nitrogens is 1. The number of nitrogens with zero attached hydrogens (tertiary/aromatic N) is 1. The molecule has 1 N–H and O–H groups in total. The number of hydrogen-bond acceptors (Lipinski definition) is 3. The van der Waals surface area contributed by atoms with E-state index in [1.54, 1.807) is 0 Å². The minimum atomic E-state index is 0.544. The van der Waals surface area contributed by atoms with Gasteiger partial charge in [-0.15, -0.1) is 0 Å². The Kier molecular flexibility index (Phi) is 6.97. The summed E-state index contributed by atoms with van der Waals surface area (Å²) in [6, 6.07) is 1.91. The van der Waals surface area contributed by atoms with Crippen LogP contribution in [0.5, 0.6) is 5.88 Å². The molecule has 0 aliphatic rings. The van der Waals surface area contributed by atoms with E-state index in [9.17, 15) is 0 Å². The van der Waals surface area contributed by atoms with Gasteiger partial charge in [0.1, 0.15) is 5.02 Å². The maximum atomic E-state index is 6.11. The molecule has 0 aromatic carbocycles. The zero-order valence-corrected chi connectivity index (χ0v) is 11.4. The Morgan fingerprint density at radius 3 is 2.82 bits per heavy atom. The highest BCUT2D eigenvalue weighted by Gasteiger charge is 2.04. The molecular formula is C13H21ClN2O. The molecule has 1 heterocycles. The number of pyridine rings is 1. The Bertz CT molecular complexity index is 331. The minimum Gasteiger partial charge on any atom is -0.477 e. The van der Waals surface area contributed by atoms with Crippen molar-refractivity contribution in [1.82, 2.24) is 10.3 Å². The van der Waals surface area contributed by atoms with Crippen LogP contribution in [0.25, 0.3) is 0 Å². The van der Waals surface area contributed by atoms with Gasteiger partial charge in [-0.2, -0.15) is 0 Å².